The van der Waals surface area contributed by atoms with Gasteiger partial charge in [-0.15, -0.1) is 11.3 Å². The Hall–Kier alpha value is -5.52. The molecule has 1 atom stereocenters. The van der Waals surface area contributed by atoms with Crippen LogP contribution in [0.2, 0.25) is 0 Å². The van der Waals surface area contributed by atoms with Crippen molar-refractivity contribution in [2.75, 3.05) is 0 Å². The largest absolute Gasteiger partial charge is 0.231 e. The Morgan fingerprint density at radius 1 is 0.592 bits per heavy atom. The van der Waals surface area contributed by atoms with Crippen LogP contribution in [0.4, 0.5) is 0 Å². The standard InChI is InChI=1S/C44H34N4S/c1-5-15-29(16-6-1)37-38(30-17-7-2-8-18-30)45-43(46-39(37)31-19-9-3-10-20-31)33-25-27-34(28-26-33)44-47-40(32-21-11-4-12-22-32)42-41(48-44)35-23-13-14-24-36(35)49-42/h1-11,13-21,23-25,34H,12,22,26-28H2. The smallest absolute Gasteiger partial charge is 0.156 e. The molecule has 0 saturated heterocycles. The van der Waals surface area contributed by atoms with Gasteiger partial charge in [0.1, 0.15) is 5.82 Å². The van der Waals surface area contributed by atoms with Crippen molar-refractivity contribution in [2.45, 2.75) is 38.0 Å². The van der Waals surface area contributed by atoms with Gasteiger partial charge < -0.3 is 0 Å². The first kappa shape index (κ1) is 29.6. The van der Waals surface area contributed by atoms with Gasteiger partial charge in [0, 0.05) is 32.7 Å². The highest BCUT2D eigenvalue weighted by molar-refractivity contribution is 7.26. The maximum atomic E-state index is 5.35. The molecule has 0 spiro atoms. The summed E-state index contributed by atoms with van der Waals surface area (Å²) in [5.41, 5.74) is 10.9. The van der Waals surface area contributed by atoms with Crippen molar-refractivity contribution in [3.05, 3.63) is 157 Å². The third kappa shape index (κ3) is 5.60. The number of rotatable bonds is 6. The quantitative estimate of drug-likeness (QED) is 0.180. The summed E-state index contributed by atoms with van der Waals surface area (Å²) in [4.78, 5) is 21.3. The number of thiophene rings is 1. The van der Waals surface area contributed by atoms with Crippen LogP contribution >= 0.6 is 11.3 Å². The third-order valence-electron chi connectivity index (χ3n) is 9.68. The van der Waals surface area contributed by atoms with Crippen LogP contribution in [0.3, 0.4) is 0 Å². The fourth-order valence-electron chi connectivity index (χ4n) is 7.17. The number of hydrogen-bond acceptors (Lipinski definition) is 5. The molecule has 9 rings (SSSR count). The van der Waals surface area contributed by atoms with Crippen molar-refractivity contribution in [3.63, 3.8) is 0 Å². The topological polar surface area (TPSA) is 51.6 Å². The first-order valence-electron chi connectivity index (χ1n) is 17.1. The van der Waals surface area contributed by atoms with Crippen molar-refractivity contribution < 1.29 is 0 Å². The summed E-state index contributed by atoms with van der Waals surface area (Å²) in [6.07, 6.45) is 13.7. The van der Waals surface area contributed by atoms with Crippen LogP contribution < -0.4 is 0 Å². The lowest BCUT2D eigenvalue weighted by molar-refractivity contribution is 0.590. The molecule has 0 amide bonds. The Kier molecular flexibility index (Phi) is 7.75. The molecule has 0 bridgehead atoms. The molecule has 0 saturated carbocycles. The summed E-state index contributed by atoms with van der Waals surface area (Å²) >= 11 is 1.81. The predicted octanol–water partition coefficient (Wildman–Crippen LogP) is 11.7. The Morgan fingerprint density at radius 3 is 1.88 bits per heavy atom. The van der Waals surface area contributed by atoms with Crippen LogP contribution in [-0.4, -0.2) is 19.9 Å². The van der Waals surface area contributed by atoms with E-state index in [1.54, 1.807) is 0 Å². The monoisotopic (exact) mass is 650 g/mol. The van der Waals surface area contributed by atoms with Crippen LogP contribution in [0.25, 0.3) is 65.1 Å². The van der Waals surface area contributed by atoms with Gasteiger partial charge in [-0.2, -0.15) is 0 Å². The zero-order chi connectivity index (χ0) is 32.6. The molecule has 2 aliphatic carbocycles. The number of fused-ring (bicyclic) bond motifs is 3. The van der Waals surface area contributed by atoms with Crippen LogP contribution in [0.5, 0.6) is 0 Å². The van der Waals surface area contributed by atoms with E-state index in [-0.39, 0.29) is 5.92 Å². The summed E-state index contributed by atoms with van der Waals surface area (Å²) in [6, 6.07) is 40.2. The Bertz CT molecular complexity index is 2350. The molecule has 3 aromatic heterocycles. The molecule has 49 heavy (non-hydrogen) atoms. The molecule has 236 valence electrons. The van der Waals surface area contributed by atoms with E-state index >= 15 is 0 Å². The zero-order valence-corrected chi connectivity index (χ0v) is 27.9. The van der Waals surface area contributed by atoms with Crippen LogP contribution in [0.1, 0.15) is 55.4 Å². The molecule has 5 heteroatoms. The minimum Gasteiger partial charge on any atom is -0.231 e. The summed E-state index contributed by atoms with van der Waals surface area (Å²) in [5, 5.41) is 1.22. The van der Waals surface area contributed by atoms with Gasteiger partial charge in [0.25, 0.3) is 0 Å². The van der Waals surface area contributed by atoms with Crippen molar-refractivity contribution in [3.8, 4) is 33.6 Å². The molecular formula is C44H34N4S. The molecule has 3 heterocycles. The van der Waals surface area contributed by atoms with Gasteiger partial charge in [0.05, 0.1) is 27.3 Å². The molecule has 7 aromatic rings. The van der Waals surface area contributed by atoms with E-state index < -0.39 is 0 Å². The van der Waals surface area contributed by atoms with Crippen molar-refractivity contribution in [1.29, 1.82) is 0 Å². The molecule has 0 aliphatic heterocycles. The lowest BCUT2D eigenvalue weighted by Crippen LogP contribution is -2.11. The fourth-order valence-corrected chi connectivity index (χ4v) is 8.34. The summed E-state index contributed by atoms with van der Waals surface area (Å²) < 4.78 is 2.47. The van der Waals surface area contributed by atoms with Gasteiger partial charge in [0.2, 0.25) is 0 Å². The Labute approximate surface area is 290 Å². The molecular weight excluding hydrogens is 617 g/mol. The molecule has 0 fully saturated rings. The molecule has 2 aliphatic rings. The second kappa shape index (κ2) is 12.8. The Balaban J connectivity index is 1.15. The van der Waals surface area contributed by atoms with Gasteiger partial charge in [-0.05, 0) is 54.9 Å². The van der Waals surface area contributed by atoms with Gasteiger partial charge in [0.15, 0.2) is 5.82 Å². The summed E-state index contributed by atoms with van der Waals surface area (Å²) in [6.45, 7) is 0. The van der Waals surface area contributed by atoms with E-state index in [9.17, 15) is 0 Å². The fraction of sp³-hybridized carbons (Fsp3) is 0.136. The molecule has 4 nitrogen and oxygen atoms in total. The highest BCUT2D eigenvalue weighted by Crippen LogP contribution is 2.43. The zero-order valence-electron chi connectivity index (χ0n) is 27.1. The predicted molar refractivity (Wildman–Crippen MR) is 204 cm³/mol. The maximum Gasteiger partial charge on any atom is 0.156 e. The maximum absolute atomic E-state index is 5.35. The number of allylic oxidation sites excluding steroid dienone is 6. The number of hydrogen-bond donors (Lipinski definition) is 0. The average Bonchev–Trinajstić information content (AvgIpc) is 3.57. The number of benzene rings is 4. The first-order valence-corrected chi connectivity index (χ1v) is 17.9. The van der Waals surface area contributed by atoms with Crippen molar-refractivity contribution in [1.82, 2.24) is 19.9 Å². The molecule has 0 radical (unpaired) electrons. The normalized spacial score (nSPS) is 16.1. The average molecular weight is 651 g/mol. The molecule has 0 N–H and O–H groups in total. The minimum atomic E-state index is 0.232. The Morgan fingerprint density at radius 2 is 1.24 bits per heavy atom. The van der Waals surface area contributed by atoms with E-state index in [0.717, 1.165) is 88.6 Å². The second-order valence-electron chi connectivity index (χ2n) is 12.8. The minimum absolute atomic E-state index is 0.232. The van der Waals surface area contributed by atoms with E-state index in [1.165, 1.54) is 25.9 Å². The van der Waals surface area contributed by atoms with Gasteiger partial charge in [-0.1, -0.05) is 133 Å². The lowest BCUT2D eigenvalue weighted by atomic mass is 9.87. The number of nitrogens with zero attached hydrogens (tertiary/aromatic N) is 4. The highest BCUT2D eigenvalue weighted by Gasteiger charge is 2.26. The molecule has 1 unspecified atom stereocenters. The van der Waals surface area contributed by atoms with Gasteiger partial charge in [-0.25, -0.2) is 19.9 Å². The highest BCUT2D eigenvalue weighted by atomic mass is 32.1. The lowest BCUT2D eigenvalue weighted by Gasteiger charge is -2.23. The van der Waals surface area contributed by atoms with Gasteiger partial charge in [-0.3, -0.25) is 0 Å². The van der Waals surface area contributed by atoms with Crippen LogP contribution in [0.15, 0.2) is 140 Å². The van der Waals surface area contributed by atoms with E-state index in [1.807, 2.05) is 11.3 Å². The number of aromatic nitrogens is 4. The van der Waals surface area contributed by atoms with E-state index in [0.29, 0.717) is 0 Å². The van der Waals surface area contributed by atoms with Crippen molar-refractivity contribution in [2.24, 2.45) is 0 Å². The van der Waals surface area contributed by atoms with Crippen molar-refractivity contribution >= 4 is 42.8 Å². The molecule has 4 aromatic carbocycles. The SMILES string of the molecule is C1=CCCC(c2nc(C3CC=C(c4nc(-c5ccccc5)c(-c5ccccc5)c(-c5ccccc5)n4)CC3)nc3c2sc2ccccc23)=C1. The van der Waals surface area contributed by atoms with E-state index in [2.05, 4.69) is 140 Å². The van der Waals surface area contributed by atoms with E-state index in [4.69, 9.17) is 19.9 Å². The van der Waals surface area contributed by atoms with Crippen LogP contribution in [0, 0.1) is 0 Å². The summed E-state index contributed by atoms with van der Waals surface area (Å²) in [7, 11) is 0. The second-order valence-corrected chi connectivity index (χ2v) is 13.8. The third-order valence-corrected chi connectivity index (χ3v) is 10.9. The summed E-state index contributed by atoms with van der Waals surface area (Å²) in [5.74, 6) is 1.99. The van der Waals surface area contributed by atoms with Gasteiger partial charge >= 0.3 is 0 Å². The first-order chi connectivity index (χ1) is 24.3. The van der Waals surface area contributed by atoms with Crippen LogP contribution in [-0.2, 0) is 0 Å².